The van der Waals surface area contributed by atoms with Gasteiger partial charge in [-0.3, -0.25) is 0 Å². The molecule has 0 spiro atoms. The number of furan rings is 1. The summed E-state index contributed by atoms with van der Waals surface area (Å²) in [5, 5.41) is 13.4. The number of carboxylic acid groups (broad SMARTS) is 1. The number of carbonyl (C=O) groups is 1. The van der Waals surface area contributed by atoms with Crippen LogP contribution in [0.25, 0.3) is 11.0 Å². The molecule has 21 heavy (non-hydrogen) atoms. The Bertz CT molecular complexity index is 609. The molecule has 114 valence electrons. The molecule has 4 nitrogen and oxygen atoms in total. The van der Waals surface area contributed by atoms with Crippen molar-refractivity contribution >= 4 is 28.7 Å². The third-order valence-electron chi connectivity index (χ3n) is 3.39. The summed E-state index contributed by atoms with van der Waals surface area (Å²) in [6, 6.07) is 7.59. The predicted molar refractivity (Wildman–Crippen MR) is 87.1 cm³/mol. The van der Waals surface area contributed by atoms with Gasteiger partial charge in [0.25, 0.3) is 0 Å². The fourth-order valence-corrected chi connectivity index (χ4v) is 3.04. The molecule has 0 aliphatic rings. The topological polar surface area (TPSA) is 62.5 Å². The van der Waals surface area contributed by atoms with Gasteiger partial charge in [0.15, 0.2) is 0 Å². The van der Waals surface area contributed by atoms with E-state index in [1.165, 1.54) is 0 Å². The first-order chi connectivity index (χ1) is 10.1. The highest BCUT2D eigenvalue weighted by molar-refractivity contribution is 7.99. The van der Waals surface area contributed by atoms with Crippen LogP contribution in [0.15, 0.2) is 28.7 Å². The van der Waals surface area contributed by atoms with Crippen LogP contribution in [-0.2, 0) is 6.54 Å². The van der Waals surface area contributed by atoms with Crippen LogP contribution in [0.3, 0.4) is 0 Å². The van der Waals surface area contributed by atoms with Crippen molar-refractivity contribution in [1.82, 2.24) is 5.32 Å². The molecule has 0 saturated carbocycles. The standard InChI is InChI=1S/C16H21NO3S/c1-3-21-9-8-11(2)17-10-14-15(16(18)19)12-6-4-5-7-13(12)20-14/h4-7,11,17H,3,8-10H2,1-2H3,(H,18,19). The molecule has 0 aliphatic heterocycles. The molecule has 0 aliphatic carbocycles. The highest BCUT2D eigenvalue weighted by atomic mass is 32.2. The maximum Gasteiger partial charge on any atom is 0.339 e. The Hall–Kier alpha value is -1.46. The average molecular weight is 307 g/mol. The Morgan fingerprint density at radius 3 is 2.90 bits per heavy atom. The van der Waals surface area contributed by atoms with Gasteiger partial charge in [0.05, 0.1) is 6.54 Å². The number of hydrogen-bond acceptors (Lipinski definition) is 4. The Kier molecular flexibility index (Phi) is 5.70. The number of rotatable bonds is 8. The number of benzene rings is 1. The average Bonchev–Trinajstić information content (AvgIpc) is 2.83. The summed E-state index contributed by atoms with van der Waals surface area (Å²) in [5.74, 6) is 1.79. The summed E-state index contributed by atoms with van der Waals surface area (Å²) in [4.78, 5) is 11.5. The van der Waals surface area contributed by atoms with Crippen LogP contribution in [0.2, 0.25) is 0 Å². The number of hydrogen-bond donors (Lipinski definition) is 2. The van der Waals surface area contributed by atoms with Crippen molar-refractivity contribution in [1.29, 1.82) is 0 Å². The highest BCUT2D eigenvalue weighted by Gasteiger charge is 2.19. The normalized spacial score (nSPS) is 12.7. The molecule has 0 bridgehead atoms. The van der Waals surface area contributed by atoms with Crippen molar-refractivity contribution in [2.24, 2.45) is 0 Å². The molecule has 1 aromatic carbocycles. The van der Waals surface area contributed by atoms with Crippen LogP contribution in [-0.4, -0.2) is 28.6 Å². The number of carboxylic acids is 1. The van der Waals surface area contributed by atoms with Crippen molar-refractivity contribution < 1.29 is 14.3 Å². The molecule has 1 heterocycles. The van der Waals surface area contributed by atoms with Gasteiger partial charge < -0.3 is 14.8 Å². The van der Waals surface area contributed by atoms with Gasteiger partial charge in [0.2, 0.25) is 0 Å². The third kappa shape index (κ3) is 4.02. The number of nitrogens with one attached hydrogen (secondary N) is 1. The minimum Gasteiger partial charge on any atom is -0.478 e. The van der Waals surface area contributed by atoms with Crippen molar-refractivity contribution in [3.63, 3.8) is 0 Å². The van der Waals surface area contributed by atoms with Gasteiger partial charge in [-0.1, -0.05) is 25.1 Å². The quantitative estimate of drug-likeness (QED) is 0.727. The van der Waals surface area contributed by atoms with Crippen molar-refractivity contribution in [2.75, 3.05) is 11.5 Å². The Morgan fingerprint density at radius 1 is 1.43 bits per heavy atom. The van der Waals surface area contributed by atoms with E-state index >= 15 is 0 Å². The smallest absolute Gasteiger partial charge is 0.339 e. The lowest BCUT2D eigenvalue weighted by molar-refractivity contribution is 0.0696. The summed E-state index contributed by atoms with van der Waals surface area (Å²) in [7, 11) is 0. The monoisotopic (exact) mass is 307 g/mol. The second kappa shape index (κ2) is 7.52. The van der Waals surface area contributed by atoms with Crippen LogP contribution >= 0.6 is 11.8 Å². The van der Waals surface area contributed by atoms with Gasteiger partial charge in [0, 0.05) is 11.4 Å². The second-order valence-electron chi connectivity index (χ2n) is 4.97. The minimum atomic E-state index is -0.939. The number of para-hydroxylation sites is 1. The molecule has 1 unspecified atom stereocenters. The maximum atomic E-state index is 11.5. The molecule has 2 rings (SSSR count). The largest absolute Gasteiger partial charge is 0.478 e. The number of fused-ring (bicyclic) bond motifs is 1. The summed E-state index contributed by atoms with van der Waals surface area (Å²) in [5.41, 5.74) is 0.897. The van der Waals surface area contributed by atoms with E-state index in [0.29, 0.717) is 29.3 Å². The van der Waals surface area contributed by atoms with E-state index in [4.69, 9.17) is 4.42 Å². The fraction of sp³-hybridized carbons (Fsp3) is 0.438. The van der Waals surface area contributed by atoms with Crippen LogP contribution in [0, 0.1) is 0 Å². The molecule has 0 amide bonds. The zero-order valence-corrected chi connectivity index (χ0v) is 13.2. The van der Waals surface area contributed by atoms with Crippen LogP contribution in [0.5, 0.6) is 0 Å². The van der Waals surface area contributed by atoms with E-state index < -0.39 is 5.97 Å². The van der Waals surface area contributed by atoms with Gasteiger partial charge in [-0.2, -0.15) is 11.8 Å². The molecule has 0 saturated heterocycles. The molecule has 1 atom stereocenters. The number of aromatic carboxylic acids is 1. The van der Waals surface area contributed by atoms with E-state index in [2.05, 4.69) is 19.2 Å². The lowest BCUT2D eigenvalue weighted by Gasteiger charge is -2.12. The van der Waals surface area contributed by atoms with Crippen LogP contribution in [0.4, 0.5) is 0 Å². The van der Waals surface area contributed by atoms with Gasteiger partial charge in [-0.05, 0) is 30.9 Å². The van der Waals surface area contributed by atoms with Gasteiger partial charge in [-0.25, -0.2) is 4.79 Å². The third-order valence-corrected chi connectivity index (χ3v) is 4.33. The van der Waals surface area contributed by atoms with E-state index in [0.717, 1.165) is 17.9 Å². The van der Waals surface area contributed by atoms with E-state index in [9.17, 15) is 9.90 Å². The first kappa shape index (κ1) is 15.9. The molecule has 2 N–H and O–H groups in total. The lowest BCUT2D eigenvalue weighted by Crippen LogP contribution is -2.26. The summed E-state index contributed by atoms with van der Waals surface area (Å²) in [6.45, 7) is 4.70. The van der Waals surface area contributed by atoms with Gasteiger partial charge in [0.1, 0.15) is 16.9 Å². The molecular weight excluding hydrogens is 286 g/mol. The molecule has 2 aromatic rings. The Labute approximate surface area is 128 Å². The van der Waals surface area contributed by atoms with Gasteiger partial charge >= 0.3 is 5.97 Å². The number of thioether (sulfide) groups is 1. The molecule has 5 heteroatoms. The van der Waals surface area contributed by atoms with E-state index in [1.807, 2.05) is 23.9 Å². The summed E-state index contributed by atoms with van der Waals surface area (Å²) in [6.07, 6.45) is 1.06. The van der Waals surface area contributed by atoms with Crippen LogP contribution < -0.4 is 5.32 Å². The van der Waals surface area contributed by atoms with Crippen molar-refractivity contribution in [3.8, 4) is 0 Å². The minimum absolute atomic E-state index is 0.272. The zero-order chi connectivity index (χ0) is 15.2. The first-order valence-corrected chi connectivity index (χ1v) is 8.33. The van der Waals surface area contributed by atoms with Crippen molar-refractivity contribution in [2.45, 2.75) is 32.9 Å². The predicted octanol–water partition coefficient (Wildman–Crippen LogP) is 3.75. The van der Waals surface area contributed by atoms with E-state index in [1.54, 1.807) is 12.1 Å². The van der Waals surface area contributed by atoms with Crippen LogP contribution in [0.1, 0.15) is 36.4 Å². The van der Waals surface area contributed by atoms with Crippen molar-refractivity contribution in [3.05, 3.63) is 35.6 Å². The summed E-state index contributed by atoms with van der Waals surface area (Å²) < 4.78 is 5.69. The second-order valence-corrected chi connectivity index (χ2v) is 6.36. The Balaban J connectivity index is 2.07. The molecule has 1 aromatic heterocycles. The first-order valence-electron chi connectivity index (χ1n) is 7.18. The zero-order valence-electron chi connectivity index (χ0n) is 12.4. The molecule has 0 radical (unpaired) electrons. The fourth-order valence-electron chi connectivity index (χ4n) is 2.23. The summed E-state index contributed by atoms with van der Waals surface area (Å²) >= 11 is 1.91. The molecule has 0 fully saturated rings. The lowest BCUT2D eigenvalue weighted by atomic mass is 10.1. The molecular formula is C16H21NO3S. The maximum absolute atomic E-state index is 11.5. The van der Waals surface area contributed by atoms with E-state index in [-0.39, 0.29) is 5.56 Å². The SMILES string of the molecule is CCSCCC(C)NCc1oc2ccccc2c1C(=O)O. The van der Waals surface area contributed by atoms with Gasteiger partial charge in [-0.15, -0.1) is 0 Å². The Morgan fingerprint density at radius 2 is 2.19 bits per heavy atom. The highest BCUT2D eigenvalue weighted by Crippen LogP contribution is 2.25.